The molecule has 3 aliphatic rings. The molecule has 2 aromatic heterocycles. The summed E-state index contributed by atoms with van der Waals surface area (Å²) in [7, 11) is 0. The lowest BCUT2D eigenvalue weighted by Gasteiger charge is -2.36. The number of carbonyl (C=O) groups is 2. The smallest absolute Gasteiger partial charge is 0.254 e. The maximum Gasteiger partial charge on any atom is 0.254 e. The first-order valence-corrected chi connectivity index (χ1v) is 13.4. The number of nitrogens with one attached hydrogen (secondary N) is 1. The zero-order chi connectivity index (χ0) is 26.7. The second kappa shape index (κ2) is 9.09. The maximum atomic E-state index is 12.9. The van der Waals surface area contributed by atoms with Gasteiger partial charge in [-0.1, -0.05) is 17.7 Å². The van der Waals surface area contributed by atoms with E-state index in [1.54, 1.807) is 17.1 Å². The van der Waals surface area contributed by atoms with Gasteiger partial charge >= 0.3 is 0 Å². The number of piperidine rings is 1. The number of carbonyl (C=O) groups excluding carboxylic acids is 2. The molecule has 0 bridgehead atoms. The van der Waals surface area contributed by atoms with Crippen LogP contribution in [-0.2, 0) is 4.79 Å². The summed E-state index contributed by atoms with van der Waals surface area (Å²) >= 11 is 0. The number of nitrogens with zero attached hydrogens (tertiary/aromatic N) is 5. The van der Waals surface area contributed by atoms with Crippen molar-refractivity contribution in [2.24, 2.45) is 11.8 Å². The molecular formula is C30H32N6O2. The number of pyridine rings is 1. The van der Waals surface area contributed by atoms with Gasteiger partial charge in [0.05, 0.1) is 29.4 Å². The molecule has 38 heavy (non-hydrogen) atoms. The molecular weight excluding hydrogens is 476 g/mol. The van der Waals surface area contributed by atoms with Crippen LogP contribution in [0.2, 0.25) is 0 Å². The van der Waals surface area contributed by atoms with Crippen LogP contribution in [0.25, 0.3) is 0 Å². The zero-order valence-corrected chi connectivity index (χ0v) is 22.2. The van der Waals surface area contributed by atoms with Crippen molar-refractivity contribution < 1.29 is 9.59 Å². The largest absolute Gasteiger partial charge is 0.349 e. The summed E-state index contributed by atoms with van der Waals surface area (Å²) in [5.74, 6) is 1.83. The number of fused-ring (bicyclic) bond motifs is 1. The number of aryl methyl sites for hydroxylation is 1. The molecule has 3 fully saturated rings. The third-order valence-electron chi connectivity index (χ3n) is 8.79. The van der Waals surface area contributed by atoms with Crippen molar-refractivity contribution in [3.63, 3.8) is 0 Å². The molecule has 3 heterocycles. The number of hydrogen-bond donors (Lipinski definition) is 1. The number of anilines is 1. The highest BCUT2D eigenvalue weighted by Gasteiger charge is 2.53. The van der Waals surface area contributed by atoms with E-state index in [9.17, 15) is 14.9 Å². The minimum Gasteiger partial charge on any atom is -0.349 e. The van der Waals surface area contributed by atoms with Crippen LogP contribution in [0.3, 0.4) is 0 Å². The molecule has 2 amide bonds. The van der Waals surface area contributed by atoms with Gasteiger partial charge in [0.15, 0.2) is 0 Å². The molecule has 3 aromatic rings. The summed E-state index contributed by atoms with van der Waals surface area (Å²) in [5, 5.41) is 17.0. The number of amides is 2. The first-order chi connectivity index (χ1) is 18.2. The summed E-state index contributed by atoms with van der Waals surface area (Å²) in [6, 6.07) is 8.19. The van der Waals surface area contributed by atoms with Crippen LogP contribution in [-0.4, -0.2) is 39.2 Å². The summed E-state index contributed by atoms with van der Waals surface area (Å²) in [6.07, 6.45) is 7.90. The first kappa shape index (κ1) is 24.4. The lowest BCUT2D eigenvalue weighted by molar-refractivity contribution is -0.118. The second-order valence-corrected chi connectivity index (χ2v) is 11.3. The van der Waals surface area contributed by atoms with E-state index in [1.807, 2.05) is 44.0 Å². The Labute approximate surface area is 222 Å². The fourth-order valence-corrected chi connectivity index (χ4v) is 6.06. The number of benzene rings is 1. The Kier molecular flexibility index (Phi) is 5.82. The highest BCUT2D eigenvalue weighted by atomic mass is 16.2. The normalized spacial score (nSPS) is 24.4. The van der Waals surface area contributed by atoms with Gasteiger partial charge < -0.3 is 5.32 Å². The van der Waals surface area contributed by atoms with Gasteiger partial charge in [-0.25, -0.2) is 4.98 Å². The van der Waals surface area contributed by atoms with E-state index in [0.717, 1.165) is 65.0 Å². The van der Waals surface area contributed by atoms with E-state index < -0.39 is 0 Å². The van der Waals surface area contributed by atoms with E-state index in [2.05, 4.69) is 34.5 Å². The highest BCUT2D eigenvalue weighted by Crippen LogP contribution is 2.47. The van der Waals surface area contributed by atoms with Crippen molar-refractivity contribution in [2.75, 3.05) is 11.4 Å². The molecule has 1 aromatic carbocycles. The number of nitriles is 1. The van der Waals surface area contributed by atoms with E-state index in [1.165, 1.54) is 0 Å². The van der Waals surface area contributed by atoms with Gasteiger partial charge in [0.25, 0.3) is 5.91 Å². The summed E-state index contributed by atoms with van der Waals surface area (Å²) in [5.41, 5.74) is 6.59. The minimum absolute atomic E-state index is 0.0845. The average molecular weight is 509 g/mol. The van der Waals surface area contributed by atoms with Gasteiger partial charge in [-0.05, 0) is 87.1 Å². The molecule has 1 unspecified atom stereocenters. The van der Waals surface area contributed by atoms with Crippen molar-refractivity contribution in [3.05, 3.63) is 75.7 Å². The van der Waals surface area contributed by atoms with Gasteiger partial charge in [0.2, 0.25) is 5.91 Å². The van der Waals surface area contributed by atoms with Crippen LogP contribution in [0.15, 0.2) is 36.8 Å². The topological polar surface area (TPSA) is 104 Å². The molecule has 8 heteroatoms. The van der Waals surface area contributed by atoms with Crippen LogP contribution >= 0.6 is 0 Å². The van der Waals surface area contributed by atoms with Gasteiger partial charge in [-0.15, -0.1) is 0 Å². The summed E-state index contributed by atoms with van der Waals surface area (Å²) in [4.78, 5) is 32.1. The monoisotopic (exact) mass is 508 g/mol. The van der Waals surface area contributed by atoms with Crippen LogP contribution in [0.4, 0.5) is 5.82 Å². The third kappa shape index (κ3) is 4.07. The Balaban J connectivity index is 1.11. The molecule has 194 valence electrons. The van der Waals surface area contributed by atoms with Crippen molar-refractivity contribution in [2.45, 2.75) is 65.0 Å². The van der Waals surface area contributed by atoms with E-state index in [4.69, 9.17) is 0 Å². The minimum atomic E-state index is -0.135. The predicted molar refractivity (Wildman–Crippen MR) is 143 cm³/mol. The lowest BCUT2D eigenvalue weighted by Crippen LogP contribution is -2.43. The van der Waals surface area contributed by atoms with Crippen molar-refractivity contribution in [1.82, 2.24) is 20.1 Å². The van der Waals surface area contributed by atoms with Crippen LogP contribution in [0.1, 0.15) is 81.9 Å². The standard InChI is InChI=1S/C30H32N6O2/c1-16-5-6-20(11-31)25(7-16)21-8-24(9-21)34-29(37)23-12-33-36(15-23)19(4)27-13-32-28(18(3)17(27)2)35-14-22-10-26(22)30(35)38/h5-7,12-13,15,19,21-22,24,26H,8-10,14H2,1-4H3,(H,34,37)/t19?,21-,22-,24+,26-/m1/s1. The van der Waals surface area contributed by atoms with E-state index >= 15 is 0 Å². The van der Waals surface area contributed by atoms with Crippen LogP contribution < -0.4 is 10.2 Å². The Hall–Kier alpha value is -3.99. The van der Waals surface area contributed by atoms with E-state index in [0.29, 0.717) is 17.4 Å². The fourth-order valence-electron chi connectivity index (χ4n) is 6.06. The molecule has 1 aliphatic heterocycles. The Morgan fingerprint density at radius 3 is 2.66 bits per heavy atom. The van der Waals surface area contributed by atoms with E-state index in [-0.39, 0.29) is 29.8 Å². The molecule has 1 N–H and O–H groups in total. The molecule has 0 radical (unpaired) electrons. The van der Waals surface area contributed by atoms with Crippen LogP contribution in [0, 0.1) is 43.9 Å². The Bertz CT molecular complexity index is 1490. The van der Waals surface area contributed by atoms with Gasteiger partial charge in [-0.2, -0.15) is 10.4 Å². The molecule has 8 nitrogen and oxygen atoms in total. The molecule has 2 saturated carbocycles. The quantitative estimate of drug-likeness (QED) is 0.533. The zero-order valence-electron chi connectivity index (χ0n) is 22.2. The van der Waals surface area contributed by atoms with Crippen molar-refractivity contribution >= 4 is 17.6 Å². The molecule has 3 atom stereocenters. The summed E-state index contributed by atoms with van der Waals surface area (Å²) < 4.78 is 1.80. The predicted octanol–water partition coefficient (Wildman–Crippen LogP) is 4.34. The first-order valence-electron chi connectivity index (χ1n) is 13.4. The number of aromatic nitrogens is 3. The van der Waals surface area contributed by atoms with Crippen molar-refractivity contribution in [3.8, 4) is 6.07 Å². The molecule has 6 rings (SSSR count). The van der Waals surface area contributed by atoms with Crippen molar-refractivity contribution in [1.29, 1.82) is 5.26 Å². The molecule has 0 spiro atoms. The third-order valence-corrected chi connectivity index (χ3v) is 8.79. The fraction of sp³-hybridized carbons (Fsp3) is 0.433. The number of hydrogen-bond acceptors (Lipinski definition) is 5. The maximum absolute atomic E-state index is 12.9. The Morgan fingerprint density at radius 1 is 1.16 bits per heavy atom. The number of rotatable bonds is 6. The van der Waals surface area contributed by atoms with Gasteiger partial charge in [-0.3, -0.25) is 19.2 Å². The second-order valence-electron chi connectivity index (χ2n) is 11.3. The Morgan fingerprint density at radius 2 is 1.95 bits per heavy atom. The van der Waals surface area contributed by atoms with Crippen LogP contribution in [0.5, 0.6) is 0 Å². The van der Waals surface area contributed by atoms with Gasteiger partial charge in [0.1, 0.15) is 5.82 Å². The lowest BCUT2D eigenvalue weighted by atomic mass is 9.74. The average Bonchev–Trinajstić information content (AvgIpc) is 3.33. The highest BCUT2D eigenvalue weighted by molar-refractivity contribution is 5.99. The summed E-state index contributed by atoms with van der Waals surface area (Å²) in [6.45, 7) is 8.93. The van der Waals surface area contributed by atoms with Gasteiger partial charge in [0, 0.05) is 30.9 Å². The SMILES string of the molecule is Cc1ccc(C#N)c([C@H]2C[C@@H](NC(=O)c3cnn(C(C)c4cnc(N5C[C@H]6C[C@H]6C5=O)c(C)c4C)c3)C2)c1. The molecule has 2 aliphatic carbocycles. The molecule has 1 saturated heterocycles.